The number of aliphatic hydroxyl groups is 3. The summed E-state index contributed by atoms with van der Waals surface area (Å²) in [6.07, 6.45) is -3.69. The minimum absolute atomic E-state index is 0.0881. The van der Waals surface area contributed by atoms with Crippen molar-refractivity contribution in [1.29, 1.82) is 0 Å². The molecule has 4 N–H and O–H groups in total. The van der Waals surface area contributed by atoms with Crippen LogP contribution in [0.2, 0.25) is 0 Å². The lowest BCUT2D eigenvalue weighted by Crippen LogP contribution is -2.44. The Balaban J connectivity index is 1.67. The summed E-state index contributed by atoms with van der Waals surface area (Å²) in [6, 6.07) is 12.4. The summed E-state index contributed by atoms with van der Waals surface area (Å²) in [7, 11) is 0. The zero-order chi connectivity index (χ0) is 19.8. The molecule has 1 aliphatic rings. The number of aliphatic hydroxyl groups excluding tert-OH is 3. The van der Waals surface area contributed by atoms with Crippen LogP contribution in [0.15, 0.2) is 42.5 Å². The Labute approximate surface area is 165 Å². The second-order valence-corrected chi connectivity index (χ2v) is 8.25. The fourth-order valence-electron chi connectivity index (χ4n) is 3.63. The summed E-state index contributed by atoms with van der Waals surface area (Å²) in [5.74, 6) is -0.907. The number of ether oxygens (including phenoxy) is 1. The van der Waals surface area contributed by atoms with E-state index in [-0.39, 0.29) is 24.3 Å². The molecule has 5 nitrogen and oxygen atoms in total. The minimum Gasteiger partial charge on any atom is -0.507 e. The molecular weight excluding hydrogens is 383 g/mol. The van der Waals surface area contributed by atoms with Crippen molar-refractivity contribution in [2.45, 2.75) is 37.3 Å². The molecule has 1 saturated heterocycles. The topological polar surface area (TPSA) is 90.2 Å². The van der Waals surface area contributed by atoms with Crippen molar-refractivity contribution in [3.05, 3.63) is 64.3 Å². The van der Waals surface area contributed by atoms with E-state index in [1.54, 1.807) is 11.3 Å². The molecule has 4 rings (SSSR count). The van der Waals surface area contributed by atoms with E-state index in [0.29, 0.717) is 12.0 Å². The summed E-state index contributed by atoms with van der Waals surface area (Å²) in [5, 5.41) is 41.0. The first-order valence-corrected chi connectivity index (χ1v) is 9.89. The van der Waals surface area contributed by atoms with Crippen LogP contribution in [-0.4, -0.2) is 45.3 Å². The molecule has 0 aliphatic carbocycles. The molecular formula is C21H21FO5S. The SMILES string of the molecule is OC[C@@H]1C[C@H](O)[C@H](O)[C@H](c2cc(Cc3cc4ccccc4s3)c(F)cc2O)O1. The van der Waals surface area contributed by atoms with E-state index in [9.17, 15) is 24.8 Å². The number of hydrogen-bond acceptors (Lipinski definition) is 6. The standard InChI is InChI=1S/C21H21FO5S/c22-16-9-17(24)15(21-20(26)18(25)8-13(10-23)27-21)7-12(16)6-14-5-11-3-1-2-4-19(11)28-14/h1-5,7,9,13,18,20-21,23-26H,6,8,10H2/t13-,18-,20-,21-/m0/s1. The highest BCUT2D eigenvalue weighted by Crippen LogP contribution is 2.38. The number of benzene rings is 2. The Hall–Kier alpha value is -2.03. The van der Waals surface area contributed by atoms with Gasteiger partial charge >= 0.3 is 0 Å². The number of phenols is 1. The van der Waals surface area contributed by atoms with Crippen LogP contribution in [0, 0.1) is 5.82 Å². The summed E-state index contributed by atoms with van der Waals surface area (Å²) in [4.78, 5) is 0.968. The Morgan fingerprint density at radius 2 is 1.93 bits per heavy atom. The number of phenolic OH excluding ortho intramolecular Hbond substituents is 1. The van der Waals surface area contributed by atoms with Crippen LogP contribution in [-0.2, 0) is 11.2 Å². The second kappa shape index (κ2) is 7.77. The van der Waals surface area contributed by atoms with Gasteiger partial charge in [0.05, 0.1) is 18.8 Å². The predicted octanol–water partition coefficient (Wildman–Crippen LogP) is 2.88. The number of halogens is 1. The summed E-state index contributed by atoms with van der Waals surface area (Å²) in [6.45, 7) is -0.323. The number of fused-ring (bicyclic) bond motifs is 1. The molecule has 4 atom stereocenters. The summed E-state index contributed by atoms with van der Waals surface area (Å²) >= 11 is 1.57. The van der Waals surface area contributed by atoms with E-state index >= 15 is 0 Å². The first kappa shape index (κ1) is 19.3. The molecule has 7 heteroatoms. The van der Waals surface area contributed by atoms with Gasteiger partial charge in [0, 0.05) is 34.0 Å². The molecule has 148 valence electrons. The quantitative estimate of drug-likeness (QED) is 0.537. The number of hydrogen-bond donors (Lipinski definition) is 4. The lowest BCUT2D eigenvalue weighted by Gasteiger charge is -2.37. The fraction of sp³-hybridized carbons (Fsp3) is 0.333. The largest absolute Gasteiger partial charge is 0.507 e. The van der Waals surface area contributed by atoms with Gasteiger partial charge in [-0.25, -0.2) is 4.39 Å². The van der Waals surface area contributed by atoms with Gasteiger partial charge in [-0.05, 0) is 29.1 Å². The highest BCUT2D eigenvalue weighted by molar-refractivity contribution is 7.19. The number of rotatable bonds is 4. The van der Waals surface area contributed by atoms with Crippen molar-refractivity contribution < 1.29 is 29.6 Å². The lowest BCUT2D eigenvalue weighted by molar-refractivity contribution is -0.180. The van der Waals surface area contributed by atoms with Gasteiger partial charge in [0.25, 0.3) is 0 Å². The van der Waals surface area contributed by atoms with E-state index in [1.807, 2.05) is 30.3 Å². The predicted molar refractivity (Wildman–Crippen MR) is 104 cm³/mol. The van der Waals surface area contributed by atoms with Crippen LogP contribution in [0.4, 0.5) is 4.39 Å². The van der Waals surface area contributed by atoms with Crippen molar-refractivity contribution >= 4 is 21.4 Å². The highest BCUT2D eigenvalue weighted by Gasteiger charge is 2.38. The lowest BCUT2D eigenvalue weighted by atomic mass is 9.91. The summed E-state index contributed by atoms with van der Waals surface area (Å²) < 4.78 is 21.3. The maximum atomic E-state index is 14.5. The van der Waals surface area contributed by atoms with E-state index in [4.69, 9.17) is 4.74 Å². The Bertz CT molecular complexity index is 955. The third-order valence-electron chi connectivity index (χ3n) is 5.09. The van der Waals surface area contributed by atoms with E-state index in [2.05, 4.69) is 0 Å². The van der Waals surface area contributed by atoms with Gasteiger partial charge < -0.3 is 25.2 Å². The van der Waals surface area contributed by atoms with Crippen molar-refractivity contribution in [3.63, 3.8) is 0 Å². The van der Waals surface area contributed by atoms with E-state index < -0.39 is 30.2 Å². The number of thiophene rings is 1. The molecule has 0 unspecified atom stereocenters. The number of aromatic hydroxyl groups is 1. The molecule has 1 fully saturated rings. The molecule has 1 aromatic heterocycles. The van der Waals surface area contributed by atoms with Crippen LogP contribution in [0.5, 0.6) is 5.75 Å². The van der Waals surface area contributed by atoms with Crippen molar-refractivity contribution in [1.82, 2.24) is 0 Å². The zero-order valence-corrected chi connectivity index (χ0v) is 15.8. The molecule has 2 heterocycles. The minimum atomic E-state index is -1.28. The van der Waals surface area contributed by atoms with Crippen LogP contribution in [0.3, 0.4) is 0 Å². The van der Waals surface area contributed by atoms with Gasteiger partial charge in [-0.15, -0.1) is 11.3 Å². The van der Waals surface area contributed by atoms with Crippen LogP contribution in [0.1, 0.15) is 28.5 Å². The average molecular weight is 404 g/mol. The third kappa shape index (κ3) is 3.64. The van der Waals surface area contributed by atoms with Crippen molar-refractivity contribution in [3.8, 4) is 5.75 Å². The Kier molecular flexibility index (Phi) is 5.35. The van der Waals surface area contributed by atoms with Gasteiger partial charge in [-0.2, -0.15) is 0 Å². The van der Waals surface area contributed by atoms with Gasteiger partial charge in [0.15, 0.2) is 0 Å². The maximum Gasteiger partial charge on any atom is 0.130 e. The van der Waals surface area contributed by atoms with Gasteiger partial charge in [-0.1, -0.05) is 18.2 Å². The average Bonchev–Trinajstić information content (AvgIpc) is 3.08. The first-order chi connectivity index (χ1) is 13.5. The molecule has 28 heavy (non-hydrogen) atoms. The van der Waals surface area contributed by atoms with Crippen molar-refractivity contribution in [2.75, 3.05) is 6.61 Å². The first-order valence-electron chi connectivity index (χ1n) is 9.07. The smallest absolute Gasteiger partial charge is 0.130 e. The third-order valence-corrected chi connectivity index (χ3v) is 6.21. The molecule has 0 spiro atoms. The molecule has 0 saturated carbocycles. The van der Waals surface area contributed by atoms with Crippen LogP contribution < -0.4 is 0 Å². The zero-order valence-electron chi connectivity index (χ0n) is 15.0. The van der Waals surface area contributed by atoms with Crippen LogP contribution in [0.25, 0.3) is 10.1 Å². The van der Waals surface area contributed by atoms with Crippen molar-refractivity contribution in [2.24, 2.45) is 0 Å². The molecule has 2 aromatic carbocycles. The molecule has 3 aromatic rings. The molecule has 1 aliphatic heterocycles. The normalized spacial score (nSPS) is 25.3. The highest BCUT2D eigenvalue weighted by atomic mass is 32.1. The van der Waals surface area contributed by atoms with Gasteiger partial charge in [0.1, 0.15) is 23.8 Å². The second-order valence-electron chi connectivity index (χ2n) is 7.08. The molecule has 0 amide bonds. The fourth-order valence-corrected chi connectivity index (χ4v) is 4.72. The Morgan fingerprint density at radius 3 is 2.68 bits per heavy atom. The molecule has 0 bridgehead atoms. The summed E-state index contributed by atoms with van der Waals surface area (Å²) in [5.41, 5.74) is 0.554. The van der Waals surface area contributed by atoms with Crippen LogP contribution >= 0.6 is 11.3 Å². The maximum absolute atomic E-state index is 14.5. The van der Waals surface area contributed by atoms with E-state index in [0.717, 1.165) is 21.0 Å². The van der Waals surface area contributed by atoms with Gasteiger partial charge in [0.2, 0.25) is 0 Å². The van der Waals surface area contributed by atoms with E-state index in [1.165, 1.54) is 6.07 Å². The van der Waals surface area contributed by atoms with Gasteiger partial charge in [-0.3, -0.25) is 0 Å². The monoisotopic (exact) mass is 404 g/mol. The Morgan fingerprint density at radius 1 is 1.14 bits per heavy atom. The molecule has 0 radical (unpaired) electrons.